The highest BCUT2D eigenvalue weighted by Crippen LogP contribution is 2.01. The molecular formula is C13H18BrNO3. The lowest BCUT2D eigenvalue weighted by Crippen LogP contribution is -2.25. The van der Waals surface area contributed by atoms with Gasteiger partial charge in [-0.05, 0) is 18.4 Å². The zero-order valence-electron chi connectivity index (χ0n) is 10.2. The van der Waals surface area contributed by atoms with Gasteiger partial charge >= 0.3 is 6.09 Å². The predicted octanol–water partition coefficient (Wildman–Crippen LogP) is 3.41. The van der Waals surface area contributed by atoms with Crippen LogP contribution in [-0.4, -0.2) is 18.0 Å². The summed E-state index contributed by atoms with van der Waals surface area (Å²) in [6, 6.07) is 9.51. The van der Waals surface area contributed by atoms with Crippen molar-refractivity contribution in [2.75, 3.05) is 11.9 Å². The molecule has 0 heterocycles. The molecule has 0 unspecified atom stereocenters. The molecule has 5 heteroatoms. The van der Waals surface area contributed by atoms with Gasteiger partial charge in [0.25, 0.3) is 0 Å². The molecule has 4 nitrogen and oxygen atoms in total. The van der Waals surface area contributed by atoms with Crippen molar-refractivity contribution in [3.8, 4) is 0 Å². The van der Waals surface area contributed by atoms with Crippen LogP contribution in [0.4, 0.5) is 4.79 Å². The van der Waals surface area contributed by atoms with E-state index in [2.05, 4.69) is 21.4 Å². The van der Waals surface area contributed by atoms with Gasteiger partial charge in [-0.25, -0.2) is 4.79 Å². The molecule has 0 spiro atoms. The molecule has 0 bridgehead atoms. The normalized spacial score (nSPS) is 10.1. The third-order valence-electron chi connectivity index (χ3n) is 2.25. The lowest BCUT2D eigenvalue weighted by Gasteiger charge is -2.07. The minimum absolute atomic E-state index is 0.250. The Morgan fingerprint density at radius 1 is 1.17 bits per heavy atom. The molecule has 1 aromatic rings. The first kappa shape index (κ1) is 15.0. The highest BCUT2D eigenvalue weighted by Gasteiger charge is 2.01. The Labute approximate surface area is 116 Å². The summed E-state index contributed by atoms with van der Waals surface area (Å²) in [4.78, 5) is 16.2. The molecule has 0 aliphatic heterocycles. The van der Waals surface area contributed by atoms with Gasteiger partial charge in [-0.2, -0.15) is 5.48 Å². The Morgan fingerprint density at radius 2 is 1.94 bits per heavy atom. The molecule has 0 aliphatic rings. The second kappa shape index (κ2) is 9.91. The van der Waals surface area contributed by atoms with Gasteiger partial charge in [0, 0.05) is 5.33 Å². The number of amides is 1. The monoisotopic (exact) mass is 315 g/mol. The summed E-state index contributed by atoms with van der Waals surface area (Å²) in [6.07, 6.45) is 2.55. The number of hydrogen-bond donors (Lipinski definition) is 1. The molecule has 0 aromatic heterocycles. The number of rotatable bonds is 8. The summed E-state index contributed by atoms with van der Waals surface area (Å²) in [6.45, 7) is 0.757. The Hall–Kier alpha value is -1.07. The van der Waals surface area contributed by atoms with Gasteiger partial charge in [0.05, 0.1) is 6.61 Å². The Bertz CT molecular complexity index is 332. The molecule has 0 saturated carbocycles. The summed E-state index contributed by atoms with van der Waals surface area (Å²) in [7, 11) is 0. The molecule has 0 saturated heterocycles. The molecule has 1 N–H and O–H groups in total. The summed E-state index contributed by atoms with van der Waals surface area (Å²) in [5, 5.41) is 1.000. The van der Waals surface area contributed by atoms with Crippen LogP contribution in [-0.2, 0) is 16.2 Å². The second-order valence-corrected chi connectivity index (χ2v) is 4.55. The van der Waals surface area contributed by atoms with Crippen LogP contribution in [0.3, 0.4) is 0 Å². The van der Waals surface area contributed by atoms with Crippen molar-refractivity contribution in [2.45, 2.75) is 25.9 Å². The van der Waals surface area contributed by atoms with Crippen LogP contribution in [0.2, 0.25) is 0 Å². The number of halogens is 1. The van der Waals surface area contributed by atoms with E-state index in [4.69, 9.17) is 9.57 Å². The van der Waals surface area contributed by atoms with E-state index < -0.39 is 6.09 Å². The van der Waals surface area contributed by atoms with E-state index in [1.54, 1.807) is 0 Å². The van der Waals surface area contributed by atoms with Crippen molar-refractivity contribution in [3.63, 3.8) is 0 Å². The standard InChI is InChI=1S/C13H18BrNO3/c14-9-5-2-6-10-18-15-13(16)17-11-12-7-3-1-4-8-12/h1,3-4,7-8H,2,5-6,9-11H2,(H,15,16). The number of carbonyl (C=O) groups excluding carboxylic acids is 1. The molecule has 1 rings (SSSR count). The maximum Gasteiger partial charge on any atom is 0.431 e. The van der Waals surface area contributed by atoms with Crippen LogP contribution in [0.15, 0.2) is 30.3 Å². The highest BCUT2D eigenvalue weighted by molar-refractivity contribution is 9.09. The molecule has 0 radical (unpaired) electrons. The average Bonchev–Trinajstić information content (AvgIpc) is 2.41. The van der Waals surface area contributed by atoms with Crippen LogP contribution in [0, 0.1) is 0 Å². The number of benzene rings is 1. The number of unbranched alkanes of at least 4 members (excludes halogenated alkanes) is 2. The van der Waals surface area contributed by atoms with E-state index in [1.807, 2.05) is 30.3 Å². The average molecular weight is 316 g/mol. The maximum atomic E-state index is 11.2. The topological polar surface area (TPSA) is 47.6 Å². The maximum absolute atomic E-state index is 11.2. The van der Waals surface area contributed by atoms with Gasteiger partial charge in [-0.15, -0.1) is 0 Å². The minimum Gasteiger partial charge on any atom is -0.443 e. The smallest absolute Gasteiger partial charge is 0.431 e. The summed E-state index contributed by atoms with van der Waals surface area (Å²) >= 11 is 3.35. The lowest BCUT2D eigenvalue weighted by atomic mass is 10.2. The van der Waals surface area contributed by atoms with Gasteiger partial charge in [0.15, 0.2) is 0 Å². The Kier molecular flexibility index (Phi) is 8.25. The lowest BCUT2D eigenvalue weighted by molar-refractivity contribution is 0.0238. The zero-order chi connectivity index (χ0) is 13.1. The molecule has 1 amide bonds. The van der Waals surface area contributed by atoms with Crippen molar-refractivity contribution in [1.82, 2.24) is 5.48 Å². The van der Waals surface area contributed by atoms with Gasteiger partial charge in [0.2, 0.25) is 0 Å². The first-order chi connectivity index (χ1) is 8.83. The fourth-order valence-corrected chi connectivity index (χ4v) is 1.70. The van der Waals surface area contributed by atoms with E-state index in [0.717, 1.165) is 30.2 Å². The van der Waals surface area contributed by atoms with Gasteiger partial charge in [0.1, 0.15) is 6.61 Å². The number of alkyl halides is 1. The van der Waals surface area contributed by atoms with Crippen molar-refractivity contribution in [2.24, 2.45) is 0 Å². The fourth-order valence-electron chi connectivity index (χ4n) is 1.31. The van der Waals surface area contributed by atoms with Crippen molar-refractivity contribution in [1.29, 1.82) is 0 Å². The van der Waals surface area contributed by atoms with E-state index in [1.165, 1.54) is 0 Å². The van der Waals surface area contributed by atoms with Crippen LogP contribution in [0.25, 0.3) is 0 Å². The number of hydroxylamine groups is 1. The van der Waals surface area contributed by atoms with Crippen LogP contribution >= 0.6 is 15.9 Å². The molecular weight excluding hydrogens is 298 g/mol. The number of hydrogen-bond acceptors (Lipinski definition) is 3. The van der Waals surface area contributed by atoms with Gasteiger partial charge in [-0.1, -0.05) is 52.7 Å². The van der Waals surface area contributed by atoms with E-state index >= 15 is 0 Å². The third-order valence-corrected chi connectivity index (χ3v) is 2.81. The zero-order valence-corrected chi connectivity index (χ0v) is 11.8. The van der Waals surface area contributed by atoms with Crippen molar-refractivity contribution < 1.29 is 14.4 Å². The van der Waals surface area contributed by atoms with Gasteiger partial charge in [-0.3, -0.25) is 4.84 Å². The van der Waals surface area contributed by atoms with Crippen molar-refractivity contribution in [3.05, 3.63) is 35.9 Å². The van der Waals surface area contributed by atoms with E-state index in [-0.39, 0.29) is 6.61 Å². The summed E-state index contributed by atoms with van der Waals surface area (Å²) < 4.78 is 4.97. The molecule has 0 atom stereocenters. The Morgan fingerprint density at radius 3 is 2.67 bits per heavy atom. The molecule has 0 fully saturated rings. The van der Waals surface area contributed by atoms with E-state index in [0.29, 0.717) is 6.61 Å². The third kappa shape index (κ3) is 7.29. The van der Waals surface area contributed by atoms with Crippen molar-refractivity contribution >= 4 is 22.0 Å². The summed E-state index contributed by atoms with van der Waals surface area (Å²) in [5.41, 5.74) is 3.21. The number of ether oxygens (including phenoxy) is 1. The van der Waals surface area contributed by atoms with Crippen LogP contribution < -0.4 is 5.48 Å². The SMILES string of the molecule is O=C(NOCCCCCBr)OCc1ccccc1. The Balaban J connectivity index is 2.01. The number of nitrogens with one attached hydrogen (secondary N) is 1. The molecule has 1 aromatic carbocycles. The second-order valence-electron chi connectivity index (χ2n) is 3.76. The minimum atomic E-state index is -0.556. The number of carbonyl (C=O) groups is 1. The van der Waals surface area contributed by atoms with Gasteiger partial charge < -0.3 is 4.74 Å². The predicted molar refractivity (Wildman–Crippen MR) is 73.4 cm³/mol. The quantitative estimate of drug-likeness (QED) is 0.454. The fraction of sp³-hybridized carbons (Fsp3) is 0.462. The largest absolute Gasteiger partial charge is 0.443 e. The highest BCUT2D eigenvalue weighted by atomic mass is 79.9. The summed E-state index contributed by atoms with van der Waals surface area (Å²) in [5.74, 6) is 0. The molecule has 100 valence electrons. The first-order valence-electron chi connectivity index (χ1n) is 5.97. The molecule has 0 aliphatic carbocycles. The first-order valence-corrected chi connectivity index (χ1v) is 7.09. The van der Waals surface area contributed by atoms with Crippen LogP contribution in [0.5, 0.6) is 0 Å². The van der Waals surface area contributed by atoms with Crippen LogP contribution in [0.1, 0.15) is 24.8 Å². The van der Waals surface area contributed by atoms with E-state index in [9.17, 15) is 4.79 Å². The molecule has 18 heavy (non-hydrogen) atoms.